The third-order valence-corrected chi connectivity index (χ3v) is 6.77. The van der Waals surface area contributed by atoms with E-state index in [1.54, 1.807) is 6.92 Å². The summed E-state index contributed by atoms with van der Waals surface area (Å²) in [5.74, 6) is 0.0936. The van der Waals surface area contributed by atoms with Gasteiger partial charge in [-0.2, -0.15) is 0 Å². The van der Waals surface area contributed by atoms with Crippen molar-refractivity contribution in [2.75, 3.05) is 0 Å². The van der Waals surface area contributed by atoms with Crippen molar-refractivity contribution >= 4 is 20.9 Å². The van der Waals surface area contributed by atoms with E-state index in [-0.39, 0.29) is 5.91 Å². The van der Waals surface area contributed by atoms with Crippen LogP contribution >= 0.6 is 0 Å². The summed E-state index contributed by atoms with van der Waals surface area (Å²) >= 11 is 0.502. The first-order valence-electron chi connectivity index (χ1n) is 7.07. The van der Waals surface area contributed by atoms with E-state index in [9.17, 15) is 4.79 Å². The van der Waals surface area contributed by atoms with E-state index in [0.29, 0.717) is 25.8 Å². The molecule has 1 N–H and O–H groups in total. The molecule has 106 valence electrons. The van der Waals surface area contributed by atoms with Crippen LogP contribution in [0.15, 0.2) is 24.3 Å². The molecule has 2 atom stereocenters. The SMILES string of the molecule is CC(=O)NC1CCCCC1[Se]Cc1ccc(C#N)cc1. The number of rotatable bonds is 4. The molecule has 20 heavy (non-hydrogen) atoms. The number of nitrogens with one attached hydrogen (secondary N) is 1. The van der Waals surface area contributed by atoms with Gasteiger partial charge in [-0.3, -0.25) is 0 Å². The van der Waals surface area contributed by atoms with E-state index in [0.717, 1.165) is 17.3 Å². The van der Waals surface area contributed by atoms with Crippen molar-refractivity contribution in [2.45, 2.75) is 48.8 Å². The topological polar surface area (TPSA) is 52.9 Å². The Kier molecular flexibility index (Phi) is 5.64. The summed E-state index contributed by atoms with van der Waals surface area (Å²) in [5, 5.41) is 13.0. The van der Waals surface area contributed by atoms with Gasteiger partial charge < -0.3 is 0 Å². The minimum atomic E-state index is 0.0936. The molecule has 4 heteroatoms. The van der Waals surface area contributed by atoms with Crippen LogP contribution in [-0.4, -0.2) is 26.9 Å². The monoisotopic (exact) mass is 336 g/mol. The van der Waals surface area contributed by atoms with Gasteiger partial charge in [0.05, 0.1) is 0 Å². The minimum absolute atomic E-state index is 0.0936. The van der Waals surface area contributed by atoms with E-state index < -0.39 is 0 Å². The van der Waals surface area contributed by atoms with Crippen molar-refractivity contribution in [1.82, 2.24) is 5.32 Å². The number of nitrogens with zero attached hydrogens (tertiary/aromatic N) is 1. The Bertz CT molecular complexity index is 492. The van der Waals surface area contributed by atoms with Crippen LogP contribution in [0.25, 0.3) is 0 Å². The predicted octanol–water partition coefficient (Wildman–Crippen LogP) is 2.63. The second-order valence-corrected chi connectivity index (χ2v) is 7.83. The fourth-order valence-electron chi connectivity index (χ4n) is 2.60. The van der Waals surface area contributed by atoms with Crippen molar-refractivity contribution in [1.29, 1.82) is 5.26 Å². The number of hydrogen-bond donors (Lipinski definition) is 1. The zero-order valence-electron chi connectivity index (χ0n) is 11.8. The molecule has 0 radical (unpaired) electrons. The summed E-state index contributed by atoms with van der Waals surface area (Å²) in [6.07, 6.45) is 4.88. The van der Waals surface area contributed by atoms with Crippen molar-refractivity contribution in [3.05, 3.63) is 35.4 Å². The molecule has 1 fully saturated rings. The third kappa shape index (κ3) is 4.37. The van der Waals surface area contributed by atoms with E-state index in [2.05, 4.69) is 23.5 Å². The van der Waals surface area contributed by atoms with Gasteiger partial charge in [-0.05, 0) is 0 Å². The molecule has 2 rings (SSSR count). The van der Waals surface area contributed by atoms with Crippen LogP contribution in [0.2, 0.25) is 4.82 Å². The van der Waals surface area contributed by atoms with Crippen LogP contribution in [0.5, 0.6) is 0 Å². The third-order valence-electron chi connectivity index (χ3n) is 3.64. The van der Waals surface area contributed by atoms with Crippen molar-refractivity contribution < 1.29 is 4.79 Å². The standard InChI is InChI=1S/C16H20N2OSe/c1-12(19)18-15-4-2-3-5-16(15)20-11-14-8-6-13(10-17)7-9-14/h6-9,15-16H,2-5,11H2,1H3,(H,18,19). The van der Waals surface area contributed by atoms with Gasteiger partial charge in [-0.25, -0.2) is 0 Å². The average molecular weight is 335 g/mol. The molecule has 0 aromatic heterocycles. The molecule has 1 aromatic rings. The summed E-state index contributed by atoms with van der Waals surface area (Å²) in [6.45, 7) is 1.61. The number of carbonyl (C=O) groups is 1. The van der Waals surface area contributed by atoms with Crippen LogP contribution in [0.4, 0.5) is 0 Å². The fraction of sp³-hybridized carbons (Fsp3) is 0.500. The zero-order valence-corrected chi connectivity index (χ0v) is 13.5. The number of amides is 1. The van der Waals surface area contributed by atoms with Crippen molar-refractivity contribution in [2.24, 2.45) is 0 Å². The molecule has 0 heterocycles. The Morgan fingerprint density at radius 1 is 1.35 bits per heavy atom. The van der Waals surface area contributed by atoms with Crippen molar-refractivity contribution in [3.8, 4) is 6.07 Å². The molecule has 0 saturated heterocycles. The first kappa shape index (κ1) is 15.1. The molecular formula is C16H20N2OSe. The van der Waals surface area contributed by atoms with E-state index >= 15 is 0 Å². The van der Waals surface area contributed by atoms with Crippen LogP contribution in [0, 0.1) is 11.3 Å². The molecular weight excluding hydrogens is 315 g/mol. The molecule has 0 aliphatic heterocycles. The Hall–Kier alpha value is -1.30. The quantitative estimate of drug-likeness (QED) is 0.860. The first-order valence-corrected chi connectivity index (χ1v) is 9.27. The van der Waals surface area contributed by atoms with Crippen LogP contribution in [-0.2, 0) is 10.1 Å². The van der Waals surface area contributed by atoms with Gasteiger partial charge in [-0.15, -0.1) is 0 Å². The van der Waals surface area contributed by atoms with Gasteiger partial charge in [0.15, 0.2) is 0 Å². The zero-order chi connectivity index (χ0) is 14.4. The van der Waals surface area contributed by atoms with Gasteiger partial charge in [0, 0.05) is 0 Å². The second-order valence-electron chi connectivity index (χ2n) is 5.25. The van der Waals surface area contributed by atoms with Gasteiger partial charge in [0.25, 0.3) is 0 Å². The fourth-order valence-corrected chi connectivity index (χ4v) is 5.47. The number of carbonyl (C=O) groups excluding carboxylic acids is 1. The molecule has 1 aliphatic carbocycles. The van der Waals surface area contributed by atoms with Gasteiger partial charge in [0.1, 0.15) is 0 Å². The predicted molar refractivity (Wildman–Crippen MR) is 80.4 cm³/mol. The summed E-state index contributed by atoms with van der Waals surface area (Å²) in [5.41, 5.74) is 2.02. The molecule has 1 aliphatic rings. The summed E-state index contributed by atoms with van der Waals surface area (Å²) in [4.78, 5) is 11.9. The van der Waals surface area contributed by atoms with Gasteiger partial charge >= 0.3 is 126 Å². The Morgan fingerprint density at radius 2 is 2.05 bits per heavy atom. The second kappa shape index (κ2) is 7.47. The van der Waals surface area contributed by atoms with Crippen LogP contribution < -0.4 is 5.32 Å². The number of nitriles is 1. The molecule has 1 saturated carbocycles. The molecule has 1 aromatic carbocycles. The van der Waals surface area contributed by atoms with E-state index in [4.69, 9.17) is 5.26 Å². The van der Waals surface area contributed by atoms with Gasteiger partial charge in [-0.1, -0.05) is 0 Å². The van der Waals surface area contributed by atoms with E-state index in [1.807, 2.05) is 12.1 Å². The molecule has 1 amide bonds. The number of hydrogen-bond acceptors (Lipinski definition) is 2. The normalized spacial score (nSPS) is 22.0. The summed E-state index contributed by atoms with van der Waals surface area (Å²) in [6, 6.07) is 10.4. The molecule has 0 spiro atoms. The summed E-state index contributed by atoms with van der Waals surface area (Å²) < 4.78 is 0. The Balaban J connectivity index is 1.90. The molecule has 0 bridgehead atoms. The van der Waals surface area contributed by atoms with E-state index in [1.165, 1.54) is 24.8 Å². The van der Waals surface area contributed by atoms with Gasteiger partial charge in [0.2, 0.25) is 0 Å². The maximum atomic E-state index is 11.3. The van der Waals surface area contributed by atoms with Crippen LogP contribution in [0.3, 0.4) is 0 Å². The van der Waals surface area contributed by atoms with Crippen molar-refractivity contribution in [3.63, 3.8) is 0 Å². The molecule has 2 unspecified atom stereocenters. The first-order chi connectivity index (χ1) is 9.69. The average Bonchev–Trinajstić information content (AvgIpc) is 2.46. The Morgan fingerprint density at radius 3 is 2.70 bits per heavy atom. The Labute approximate surface area is 126 Å². The molecule has 3 nitrogen and oxygen atoms in total. The maximum absolute atomic E-state index is 11.3. The van der Waals surface area contributed by atoms with Crippen LogP contribution in [0.1, 0.15) is 43.7 Å². The number of benzene rings is 1. The summed E-state index contributed by atoms with van der Waals surface area (Å²) in [7, 11) is 0.